The Labute approximate surface area is 126 Å². The molecule has 1 aliphatic heterocycles. The smallest absolute Gasteiger partial charge is 0.336 e. The number of amides is 1. The van der Waals surface area contributed by atoms with Crippen LogP contribution in [0.25, 0.3) is 0 Å². The van der Waals surface area contributed by atoms with Gasteiger partial charge in [0, 0.05) is 6.61 Å². The zero-order chi connectivity index (χ0) is 16.0. The summed E-state index contributed by atoms with van der Waals surface area (Å²) in [5.74, 6) is -0.456. The number of epoxide rings is 1. The summed E-state index contributed by atoms with van der Waals surface area (Å²) in [6.07, 6.45) is -0.0769. The molecule has 0 aromatic heterocycles. The van der Waals surface area contributed by atoms with Crippen LogP contribution in [-0.4, -0.2) is 48.4 Å². The maximum absolute atomic E-state index is 11.9. The number of rotatable bonds is 10. The lowest BCUT2D eigenvalue weighted by Crippen LogP contribution is -2.42. The van der Waals surface area contributed by atoms with Gasteiger partial charge in [-0.2, -0.15) is 0 Å². The summed E-state index contributed by atoms with van der Waals surface area (Å²) in [4.78, 5) is 22.6. The van der Waals surface area contributed by atoms with Crippen molar-refractivity contribution in [1.82, 2.24) is 5.32 Å². The van der Waals surface area contributed by atoms with Crippen LogP contribution >= 0.6 is 0 Å². The molecular weight excluding hydrogens is 274 g/mol. The van der Waals surface area contributed by atoms with Crippen molar-refractivity contribution in [2.45, 2.75) is 58.8 Å². The molecule has 2 N–H and O–H groups in total. The number of carboxylic acid groups (broad SMARTS) is 1. The first-order chi connectivity index (χ1) is 9.81. The van der Waals surface area contributed by atoms with Crippen molar-refractivity contribution in [2.75, 3.05) is 13.2 Å². The van der Waals surface area contributed by atoms with Crippen molar-refractivity contribution in [3.8, 4) is 0 Å². The first kappa shape index (κ1) is 17.9. The molecule has 1 heterocycles. The third-order valence-corrected chi connectivity index (χ3v) is 3.25. The number of nitrogens with one attached hydrogen (secondary N) is 1. The molecule has 0 aromatic rings. The summed E-state index contributed by atoms with van der Waals surface area (Å²) in [7, 11) is 0. The van der Waals surface area contributed by atoms with E-state index < -0.39 is 18.2 Å². The van der Waals surface area contributed by atoms with Crippen LogP contribution in [0.4, 0.5) is 0 Å². The van der Waals surface area contributed by atoms with E-state index >= 15 is 0 Å². The van der Waals surface area contributed by atoms with Gasteiger partial charge < -0.3 is 19.9 Å². The van der Waals surface area contributed by atoms with Crippen LogP contribution in [0.5, 0.6) is 0 Å². The molecule has 1 fully saturated rings. The summed E-state index contributed by atoms with van der Waals surface area (Å²) in [5.41, 5.74) is 0. The second-order valence-corrected chi connectivity index (χ2v) is 6.41. The zero-order valence-corrected chi connectivity index (χ0v) is 13.3. The lowest BCUT2D eigenvalue weighted by molar-refractivity contribution is -0.138. The fraction of sp³-hybridized carbons (Fsp3) is 0.867. The molecule has 0 bridgehead atoms. The molecule has 21 heavy (non-hydrogen) atoms. The Morgan fingerprint density at radius 1 is 1.19 bits per heavy atom. The van der Waals surface area contributed by atoms with Crippen LogP contribution in [0.2, 0.25) is 0 Å². The van der Waals surface area contributed by atoms with Crippen molar-refractivity contribution in [3.05, 3.63) is 0 Å². The van der Waals surface area contributed by atoms with E-state index in [2.05, 4.69) is 33.0 Å². The van der Waals surface area contributed by atoms with Crippen molar-refractivity contribution >= 4 is 11.9 Å². The molecule has 0 radical (unpaired) electrons. The summed E-state index contributed by atoms with van der Waals surface area (Å²) in [5, 5.41) is 11.6. The maximum Gasteiger partial charge on any atom is 0.336 e. The molecule has 1 aliphatic rings. The van der Waals surface area contributed by atoms with Gasteiger partial charge in [0.15, 0.2) is 12.2 Å². The van der Waals surface area contributed by atoms with Crippen molar-refractivity contribution in [2.24, 2.45) is 11.8 Å². The number of ether oxygens (including phenoxy) is 2. The molecule has 1 rings (SSSR count). The van der Waals surface area contributed by atoms with Gasteiger partial charge >= 0.3 is 5.97 Å². The average Bonchev–Trinajstić information content (AvgIpc) is 3.13. The topological polar surface area (TPSA) is 88.2 Å². The van der Waals surface area contributed by atoms with Crippen LogP contribution in [-0.2, 0) is 19.1 Å². The molecule has 122 valence electrons. The summed E-state index contributed by atoms with van der Waals surface area (Å²) >= 11 is 0. The highest BCUT2D eigenvalue weighted by Crippen LogP contribution is 2.22. The van der Waals surface area contributed by atoms with Crippen LogP contribution < -0.4 is 5.32 Å². The Balaban J connectivity index is 2.35. The Bertz CT molecular complexity index is 356. The number of aliphatic carboxylic acids is 1. The quantitative estimate of drug-likeness (QED) is 0.471. The molecule has 0 aliphatic carbocycles. The van der Waals surface area contributed by atoms with Crippen molar-refractivity contribution in [1.29, 1.82) is 0 Å². The van der Waals surface area contributed by atoms with Gasteiger partial charge in [0.25, 0.3) is 5.91 Å². The SMILES string of the molecule is CC(C)CCOCC(CC(C)C)NC(=O)[C@H]1O[C@@H]1C(=O)O. The highest BCUT2D eigenvalue weighted by molar-refractivity contribution is 5.92. The van der Waals surface area contributed by atoms with Gasteiger partial charge in [0.2, 0.25) is 0 Å². The van der Waals surface area contributed by atoms with Gasteiger partial charge in [-0.25, -0.2) is 4.79 Å². The van der Waals surface area contributed by atoms with E-state index in [0.29, 0.717) is 25.0 Å². The van der Waals surface area contributed by atoms with E-state index in [1.165, 1.54) is 0 Å². The molecular formula is C15H27NO5. The van der Waals surface area contributed by atoms with E-state index in [4.69, 9.17) is 14.6 Å². The van der Waals surface area contributed by atoms with Crippen LogP contribution in [0.1, 0.15) is 40.5 Å². The Morgan fingerprint density at radius 3 is 2.33 bits per heavy atom. The van der Waals surface area contributed by atoms with Gasteiger partial charge in [0.05, 0.1) is 12.6 Å². The molecule has 0 saturated carbocycles. The summed E-state index contributed by atoms with van der Waals surface area (Å²) < 4.78 is 10.5. The minimum absolute atomic E-state index is 0.108. The van der Waals surface area contributed by atoms with E-state index in [1.54, 1.807) is 0 Å². The number of carboxylic acids is 1. The Hall–Kier alpha value is -1.14. The number of hydrogen-bond acceptors (Lipinski definition) is 4. The maximum atomic E-state index is 11.9. The van der Waals surface area contributed by atoms with Crippen LogP contribution in [0, 0.1) is 11.8 Å². The van der Waals surface area contributed by atoms with Gasteiger partial charge in [-0.3, -0.25) is 4.79 Å². The first-order valence-electron chi connectivity index (χ1n) is 7.57. The van der Waals surface area contributed by atoms with E-state index in [-0.39, 0.29) is 11.9 Å². The predicted molar refractivity (Wildman–Crippen MR) is 78.0 cm³/mol. The van der Waals surface area contributed by atoms with Crippen LogP contribution in [0.15, 0.2) is 0 Å². The fourth-order valence-corrected chi connectivity index (χ4v) is 2.07. The summed E-state index contributed by atoms with van der Waals surface area (Å²) in [6.45, 7) is 9.52. The summed E-state index contributed by atoms with van der Waals surface area (Å²) in [6, 6.07) is -0.108. The lowest BCUT2D eigenvalue weighted by atomic mass is 10.0. The monoisotopic (exact) mass is 301 g/mol. The number of carbonyl (C=O) groups excluding carboxylic acids is 1. The normalized spacial score (nSPS) is 22.4. The predicted octanol–water partition coefficient (Wildman–Crippen LogP) is 1.43. The second-order valence-electron chi connectivity index (χ2n) is 6.41. The third-order valence-electron chi connectivity index (χ3n) is 3.25. The minimum Gasteiger partial charge on any atom is -0.479 e. The third kappa shape index (κ3) is 6.91. The van der Waals surface area contributed by atoms with E-state index in [0.717, 1.165) is 12.8 Å². The molecule has 3 atom stereocenters. The van der Waals surface area contributed by atoms with E-state index in [1.807, 2.05) is 0 Å². The van der Waals surface area contributed by atoms with Crippen LogP contribution in [0.3, 0.4) is 0 Å². The first-order valence-corrected chi connectivity index (χ1v) is 7.57. The lowest BCUT2D eigenvalue weighted by Gasteiger charge is -2.20. The molecule has 1 amide bonds. The minimum atomic E-state index is -1.09. The second kappa shape index (κ2) is 8.34. The number of carbonyl (C=O) groups is 2. The average molecular weight is 301 g/mol. The Kier molecular flexibility index (Phi) is 7.11. The highest BCUT2D eigenvalue weighted by Gasteiger charge is 2.51. The van der Waals surface area contributed by atoms with Crippen molar-refractivity contribution in [3.63, 3.8) is 0 Å². The number of hydrogen-bond donors (Lipinski definition) is 2. The van der Waals surface area contributed by atoms with Gasteiger partial charge in [-0.05, 0) is 24.7 Å². The largest absolute Gasteiger partial charge is 0.479 e. The molecule has 1 unspecified atom stereocenters. The standard InChI is InChI=1S/C15H27NO5/c1-9(2)5-6-20-8-11(7-10(3)4)16-14(17)12-13(21-12)15(18)19/h9-13H,5-8H2,1-4H3,(H,16,17)(H,18,19)/t11?,12-,13-/m0/s1. The van der Waals surface area contributed by atoms with E-state index in [9.17, 15) is 9.59 Å². The molecule has 1 saturated heterocycles. The van der Waals surface area contributed by atoms with Gasteiger partial charge in [-0.1, -0.05) is 27.7 Å². The molecule has 6 nitrogen and oxygen atoms in total. The van der Waals surface area contributed by atoms with Gasteiger partial charge in [-0.15, -0.1) is 0 Å². The zero-order valence-electron chi connectivity index (χ0n) is 13.3. The van der Waals surface area contributed by atoms with Gasteiger partial charge in [0.1, 0.15) is 0 Å². The van der Waals surface area contributed by atoms with Crippen molar-refractivity contribution < 1.29 is 24.2 Å². The highest BCUT2D eigenvalue weighted by atomic mass is 16.6. The molecule has 0 aromatic carbocycles. The molecule has 6 heteroatoms. The fourth-order valence-electron chi connectivity index (χ4n) is 2.07. The Morgan fingerprint density at radius 2 is 1.86 bits per heavy atom. The molecule has 0 spiro atoms.